The molecule has 0 saturated carbocycles. The van der Waals surface area contributed by atoms with Gasteiger partial charge in [0.1, 0.15) is 0 Å². The smallest absolute Gasteiger partial charge is 0.256 e. The van der Waals surface area contributed by atoms with Crippen molar-refractivity contribution < 1.29 is 9.53 Å². The second kappa shape index (κ2) is 7.80. The van der Waals surface area contributed by atoms with Gasteiger partial charge in [0, 0.05) is 43.2 Å². The number of pyridine rings is 1. The fourth-order valence-corrected chi connectivity index (χ4v) is 3.19. The number of H-pyrrole nitrogens is 1. The topological polar surface area (TPSA) is 65.6 Å². The minimum atomic E-state index is -0.175. The molecular weight excluding hydrogens is 318 g/mol. The van der Waals surface area contributed by atoms with Crippen molar-refractivity contribution >= 4 is 16.7 Å². The lowest BCUT2D eigenvalue weighted by Gasteiger charge is -2.27. The van der Waals surface area contributed by atoms with Crippen molar-refractivity contribution in [2.45, 2.75) is 18.9 Å². The first-order valence-corrected chi connectivity index (χ1v) is 8.72. The van der Waals surface area contributed by atoms with Gasteiger partial charge in [-0.2, -0.15) is 0 Å². The highest BCUT2D eigenvalue weighted by Gasteiger charge is 2.24. The van der Waals surface area contributed by atoms with Gasteiger partial charge in [0.15, 0.2) is 0 Å². The summed E-state index contributed by atoms with van der Waals surface area (Å²) in [6.07, 6.45) is 3.66. The van der Waals surface area contributed by atoms with Crippen LogP contribution in [-0.4, -0.2) is 67.1 Å². The molecule has 0 radical (unpaired) electrons. The molecule has 1 fully saturated rings. The minimum Gasteiger partial charge on any atom is -0.376 e. The number of nitrogens with one attached hydrogen (secondary N) is 1. The SMILES string of the molecule is CN(C)CCN(C[C@@H]1CCCO1)C(=O)c1c[nH]c(=O)c2ccccc12. The van der Waals surface area contributed by atoms with Crippen molar-refractivity contribution in [2.24, 2.45) is 0 Å². The number of rotatable bonds is 6. The summed E-state index contributed by atoms with van der Waals surface area (Å²) in [4.78, 5) is 31.8. The predicted molar refractivity (Wildman–Crippen MR) is 98.0 cm³/mol. The molecule has 134 valence electrons. The van der Waals surface area contributed by atoms with Crippen LogP contribution >= 0.6 is 0 Å². The third-order valence-corrected chi connectivity index (χ3v) is 4.59. The van der Waals surface area contributed by atoms with E-state index in [1.807, 2.05) is 37.2 Å². The Morgan fingerprint density at radius 2 is 2.00 bits per heavy atom. The molecule has 1 amide bonds. The Labute approximate surface area is 147 Å². The Kier molecular flexibility index (Phi) is 5.50. The lowest BCUT2D eigenvalue weighted by Crippen LogP contribution is -2.41. The molecule has 2 aromatic rings. The molecule has 3 rings (SSSR count). The van der Waals surface area contributed by atoms with Crippen LogP contribution in [0.4, 0.5) is 0 Å². The van der Waals surface area contributed by atoms with Gasteiger partial charge < -0.3 is 19.5 Å². The first-order chi connectivity index (χ1) is 12.1. The van der Waals surface area contributed by atoms with Gasteiger partial charge in [-0.05, 0) is 33.0 Å². The number of ether oxygens (including phenoxy) is 1. The standard InChI is InChI=1S/C19H25N3O3/c1-21(2)9-10-22(13-14-6-5-11-25-14)19(24)17-12-20-18(23)16-8-4-3-7-15(16)17/h3-4,7-8,12,14H,5-6,9-11,13H2,1-2H3,(H,20,23)/t14-/m0/s1. The van der Waals surface area contributed by atoms with Crippen molar-refractivity contribution in [1.82, 2.24) is 14.8 Å². The van der Waals surface area contributed by atoms with Gasteiger partial charge in [-0.15, -0.1) is 0 Å². The summed E-state index contributed by atoms with van der Waals surface area (Å²) >= 11 is 0. The van der Waals surface area contributed by atoms with Crippen LogP contribution < -0.4 is 5.56 Å². The number of nitrogens with zero attached hydrogens (tertiary/aromatic N) is 2. The highest BCUT2D eigenvalue weighted by atomic mass is 16.5. The van der Waals surface area contributed by atoms with Crippen molar-refractivity contribution in [3.63, 3.8) is 0 Å². The summed E-state index contributed by atoms with van der Waals surface area (Å²) in [6, 6.07) is 7.23. The minimum absolute atomic E-state index is 0.0650. The molecule has 25 heavy (non-hydrogen) atoms. The number of benzene rings is 1. The van der Waals surface area contributed by atoms with Crippen LogP contribution in [0.3, 0.4) is 0 Å². The monoisotopic (exact) mass is 343 g/mol. The maximum Gasteiger partial charge on any atom is 0.256 e. The van der Waals surface area contributed by atoms with Crippen LogP contribution in [0.5, 0.6) is 0 Å². The van der Waals surface area contributed by atoms with Gasteiger partial charge in [-0.25, -0.2) is 0 Å². The number of likely N-dealkylation sites (N-methyl/N-ethyl adjacent to an activating group) is 1. The Morgan fingerprint density at radius 3 is 2.68 bits per heavy atom. The van der Waals surface area contributed by atoms with Gasteiger partial charge in [0.25, 0.3) is 11.5 Å². The molecule has 0 bridgehead atoms. The normalized spacial score (nSPS) is 17.3. The zero-order valence-electron chi connectivity index (χ0n) is 14.8. The molecule has 1 aromatic carbocycles. The summed E-state index contributed by atoms with van der Waals surface area (Å²) in [5.41, 5.74) is 0.359. The number of hydrogen-bond donors (Lipinski definition) is 1. The van der Waals surface area contributed by atoms with Gasteiger partial charge in [-0.3, -0.25) is 9.59 Å². The molecule has 2 heterocycles. The molecule has 1 saturated heterocycles. The summed E-state index contributed by atoms with van der Waals surface area (Å²) in [5, 5.41) is 1.23. The second-order valence-corrected chi connectivity index (χ2v) is 6.77. The van der Waals surface area contributed by atoms with Crippen molar-refractivity contribution in [1.29, 1.82) is 0 Å². The average molecular weight is 343 g/mol. The molecule has 6 heteroatoms. The Balaban J connectivity index is 1.90. The molecule has 1 N–H and O–H groups in total. The largest absolute Gasteiger partial charge is 0.376 e. The van der Waals surface area contributed by atoms with E-state index in [0.717, 1.165) is 26.0 Å². The third kappa shape index (κ3) is 4.08. The van der Waals surface area contributed by atoms with Crippen LogP contribution in [0.25, 0.3) is 10.8 Å². The summed E-state index contributed by atoms with van der Waals surface area (Å²) in [7, 11) is 3.98. The molecule has 1 atom stereocenters. The van der Waals surface area contributed by atoms with E-state index in [4.69, 9.17) is 4.74 Å². The number of hydrogen-bond acceptors (Lipinski definition) is 4. The number of carbonyl (C=O) groups is 1. The second-order valence-electron chi connectivity index (χ2n) is 6.77. The van der Waals surface area contributed by atoms with Gasteiger partial charge in [0.05, 0.1) is 11.7 Å². The van der Waals surface area contributed by atoms with Crippen molar-refractivity contribution in [3.8, 4) is 0 Å². The van der Waals surface area contributed by atoms with E-state index in [2.05, 4.69) is 9.88 Å². The molecular formula is C19H25N3O3. The number of fused-ring (bicyclic) bond motifs is 1. The number of amides is 1. The first-order valence-electron chi connectivity index (χ1n) is 8.72. The summed E-state index contributed by atoms with van der Waals surface area (Å²) in [6.45, 7) is 2.75. The zero-order chi connectivity index (χ0) is 17.8. The quantitative estimate of drug-likeness (QED) is 0.867. The fraction of sp³-hybridized carbons (Fsp3) is 0.474. The lowest BCUT2D eigenvalue weighted by atomic mass is 10.1. The maximum absolute atomic E-state index is 13.2. The van der Waals surface area contributed by atoms with Gasteiger partial charge in [0.2, 0.25) is 0 Å². The third-order valence-electron chi connectivity index (χ3n) is 4.59. The van der Waals surface area contributed by atoms with Gasteiger partial charge >= 0.3 is 0 Å². The van der Waals surface area contributed by atoms with Crippen LogP contribution in [0, 0.1) is 0 Å². The van der Waals surface area contributed by atoms with E-state index in [1.54, 1.807) is 6.07 Å². The highest BCUT2D eigenvalue weighted by Crippen LogP contribution is 2.19. The molecule has 0 aliphatic carbocycles. The molecule has 1 aromatic heterocycles. The van der Waals surface area contributed by atoms with Crippen LogP contribution in [-0.2, 0) is 4.74 Å². The Bertz CT molecular complexity index is 794. The number of carbonyl (C=O) groups excluding carboxylic acids is 1. The Hall–Kier alpha value is -2.18. The van der Waals surface area contributed by atoms with E-state index in [1.165, 1.54) is 6.20 Å². The van der Waals surface area contributed by atoms with Crippen LogP contribution in [0.2, 0.25) is 0 Å². The summed E-state index contributed by atoms with van der Waals surface area (Å²) in [5.74, 6) is -0.0650. The maximum atomic E-state index is 13.2. The van der Waals surface area contributed by atoms with E-state index < -0.39 is 0 Å². The van der Waals surface area contributed by atoms with E-state index >= 15 is 0 Å². The Morgan fingerprint density at radius 1 is 1.24 bits per heavy atom. The number of aromatic amines is 1. The van der Waals surface area contributed by atoms with Crippen molar-refractivity contribution in [2.75, 3.05) is 40.3 Å². The average Bonchev–Trinajstić information content (AvgIpc) is 3.11. The fourth-order valence-electron chi connectivity index (χ4n) is 3.19. The van der Waals surface area contributed by atoms with E-state index in [9.17, 15) is 9.59 Å². The molecule has 0 unspecified atom stereocenters. The van der Waals surface area contributed by atoms with E-state index in [-0.39, 0.29) is 17.6 Å². The van der Waals surface area contributed by atoms with Crippen LogP contribution in [0.1, 0.15) is 23.2 Å². The molecule has 0 spiro atoms. The molecule has 1 aliphatic heterocycles. The molecule has 6 nitrogen and oxygen atoms in total. The summed E-state index contributed by atoms with van der Waals surface area (Å²) < 4.78 is 5.72. The highest BCUT2D eigenvalue weighted by molar-refractivity contribution is 6.06. The van der Waals surface area contributed by atoms with Gasteiger partial charge in [-0.1, -0.05) is 18.2 Å². The first kappa shape index (κ1) is 17.6. The van der Waals surface area contributed by atoms with Crippen LogP contribution in [0.15, 0.2) is 35.3 Å². The lowest BCUT2D eigenvalue weighted by molar-refractivity contribution is 0.0513. The van der Waals surface area contributed by atoms with E-state index in [0.29, 0.717) is 29.4 Å². The number of aromatic nitrogens is 1. The predicted octanol–water partition coefficient (Wildman–Crippen LogP) is 1.71. The molecule has 1 aliphatic rings. The zero-order valence-corrected chi connectivity index (χ0v) is 14.8. The van der Waals surface area contributed by atoms with Crippen molar-refractivity contribution in [3.05, 3.63) is 46.4 Å².